The lowest BCUT2D eigenvalue weighted by Crippen LogP contribution is -2.54. The van der Waals surface area contributed by atoms with Gasteiger partial charge >= 0.3 is 5.97 Å². The van der Waals surface area contributed by atoms with E-state index in [9.17, 15) is 4.79 Å². The lowest BCUT2D eigenvalue weighted by Gasteiger charge is -2.41. The summed E-state index contributed by atoms with van der Waals surface area (Å²) in [6.45, 7) is 3.78. The van der Waals surface area contributed by atoms with Crippen molar-refractivity contribution in [3.63, 3.8) is 0 Å². The Labute approximate surface area is 158 Å². The van der Waals surface area contributed by atoms with E-state index in [1.54, 1.807) is 0 Å². The van der Waals surface area contributed by atoms with Crippen LogP contribution in [0.1, 0.15) is 81.8 Å². The van der Waals surface area contributed by atoms with Crippen LogP contribution in [0.3, 0.4) is 0 Å². The average Bonchev–Trinajstić information content (AvgIpc) is 3.06. The van der Waals surface area contributed by atoms with Crippen LogP contribution in [0, 0.1) is 5.92 Å². The summed E-state index contributed by atoms with van der Waals surface area (Å²) in [6.07, 6.45) is 13.0. The fraction of sp³-hybridized carbons (Fsp3) is 0.696. The van der Waals surface area contributed by atoms with Gasteiger partial charge in [-0.3, -0.25) is 9.69 Å². The number of hydrogen-bond donors (Lipinski definition) is 1. The monoisotopic (exact) mass is 357 g/mol. The Kier molecular flexibility index (Phi) is 7.13. The first-order valence-electron chi connectivity index (χ1n) is 10.7. The molecule has 1 N–H and O–H groups in total. The van der Waals surface area contributed by atoms with Crippen LogP contribution in [0.5, 0.6) is 0 Å². The zero-order valence-corrected chi connectivity index (χ0v) is 16.3. The normalized spacial score (nSPS) is 23.9. The molecule has 1 aliphatic heterocycles. The predicted octanol–water partition coefficient (Wildman–Crippen LogP) is 5.24. The Hall–Kier alpha value is -1.35. The Balaban J connectivity index is 1.38. The van der Waals surface area contributed by atoms with Gasteiger partial charge in [-0.05, 0) is 49.1 Å². The predicted molar refractivity (Wildman–Crippen MR) is 107 cm³/mol. The number of rotatable bonds is 10. The highest BCUT2D eigenvalue weighted by molar-refractivity contribution is 5.71. The standard InChI is InChI=1S/C23H35NO2/c1-2-3-4-5-6-7-8-18-9-11-19(12-10-18)20-13-14-22(15-20)24-16-21(17-24)23(25)26/h9-12,20-22H,2-8,13-17H2,1H3,(H,25,26). The summed E-state index contributed by atoms with van der Waals surface area (Å²) in [5.41, 5.74) is 2.96. The molecule has 0 bridgehead atoms. The Bertz CT molecular complexity index is 562. The van der Waals surface area contributed by atoms with E-state index in [2.05, 4.69) is 36.1 Å². The number of likely N-dealkylation sites (tertiary alicyclic amines) is 1. The zero-order chi connectivity index (χ0) is 18.4. The maximum absolute atomic E-state index is 11.0. The van der Waals surface area contributed by atoms with Crippen LogP contribution in [0.25, 0.3) is 0 Å². The van der Waals surface area contributed by atoms with Crippen molar-refractivity contribution in [3.05, 3.63) is 35.4 Å². The molecular weight excluding hydrogens is 322 g/mol. The first-order valence-corrected chi connectivity index (χ1v) is 10.7. The van der Waals surface area contributed by atoms with E-state index in [1.165, 1.54) is 75.3 Å². The van der Waals surface area contributed by atoms with Gasteiger partial charge in [-0.1, -0.05) is 63.3 Å². The van der Waals surface area contributed by atoms with E-state index in [-0.39, 0.29) is 5.92 Å². The molecule has 144 valence electrons. The molecule has 0 radical (unpaired) electrons. The maximum atomic E-state index is 11.0. The number of carboxylic acids is 1. The molecule has 1 heterocycles. The number of carbonyl (C=O) groups is 1. The van der Waals surface area contributed by atoms with Crippen LogP contribution in [0.2, 0.25) is 0 Å². The molecule has 0 aromatic heterocycles. The highest BCUT2D eigenvalue weighted by Crippen LogP contribution is 2.39. The number of nitrogens with zero attached hydrogens (tertiary/aromatic N) is 1. The van der Waals surface area contributed by atoms with E-state index in [0.717, 1.165) is 13.1 Å². The largest absolute Gasteiger partial charge is 0.481 e. The fourth-order valence-corrected chi connectivity index (χ4v) is 4.63. The number of unbranched alkanes of at least 4 members (excludes halogenated alkanes) is 5. The lowest BCUT2D eigenvalue weighted by atomic mass is 9.93. The summed E-state index contributed by atoms with van der Waals surface area (Å²) in [5.74, 6) is -0.0981. The molecule has 3 rings (SSSR count). The van der Waals surface area contributed by atoms with Gasteiger partial charge in [0.15, 0.2) is 0 Å². The van der Waals surface area contributed by atoms with Gasteiger partial charge in [0.2, 0.25) is 0 Å². The van der Waals surface area contributed by atoms with Crippen LogP contribution in [-0.2, 0) is 11.2 Å². The number of aryl methyl sites for hydroxylation is 1. The van der Waals surface area contributed by atoms with Crippen LogP contribution in [0.4, 0.5) is 0 Å². The molecule has 26 heavy (non-hydrogen) atoms. The molecule has 1 saturated carbocycles. The topological polar surface area (TPSA) is 40.5 Å². The smallest absolute Gasteiger partial charge is 0.309 e. The highest BCUT2D eigenvalue weighted by atomic mass is 16.4. The summed E-state index contributed by atoms with van der Waals surface area (Å²) >= 11 is 0. The second-order valence-corrected chi connectivity index (χ2v) is 8.41. The first kappa shape index (κ1) is 19.4. The minimum Gasteiger partial charge on any atom is -0.481 e. The van der Waals surface area contributed by atoms with Gasteiger partial charge < -0.3 is 5.11 Å². The molecule has 3 nitrogen and oxygen atoms in total. The van der Waals surface area contributed by atoms with Crippen molar-refractivity contribution in [2.75, 3.05) is 13.1 Å². The quantitative estimate of drug-likeness (QED) is 0.582. The van der Waals surface area contributed by atoms with E-state index < -0.39 is 5.97 Å². The molecule has 2 atom stereocenters. The summed E-state index contributed by atoms with van der Waals surface area (Å²) in [4.78, 5) is 13.4. The summed E-state index contributed by atoms with van der Waals surface area (Å²) in [7, 11) is 0. The molecular formula is C23H35NO2. The van der Waals surface area contributed by atoms with E-state index >= 15 is 0 Å². The summed E-state index contributed by atoms with van der Waals surface area (Å²) in [5, 5.41) is 9.04. The molecule has 1 aliphatic carbocycles. The van der Waals surface area contributed by atoms with Gasteiger partial charge in [-0.2, -0.15) is 0 Å². The van der Waals surface area contributed by atoms with Crippen molar-refractivity contribution in [2.45, 2.75) is 83.1 Å². The molecule has 0 spiro atoms. The molecule has 2 aliphatic rings. The van der Waals surface area contributed by atoms with Gasteiger partial charge in [0.05, 0.1) is 5.92 Å². The van der Waals surface area contributed by atoms with Gasteiger partial charge in [0.25, 0.3) is 0 Å². The van der Waals surface area contributed by atoms with E-state index in [4.69, 9.17) is 5.11 Å². The molecule has 1 saturated heterocycles. The lowest BCUT2D eigenvalue weighted by molar-refractivity contribution is -0.148. The van der Waals surface area contributed by atoms with Crippen molar-refractivity contribution < 1.29 is 9.90 Å². The molecule has 1 aromatic carbocycles. The van der Waals surface area contributed by atoms with Crippen LogP contribution >= 0.6 is 0 Å². The molecule has 2 unspecified atom stereocenters. The third-order valence-electron chi connectivity index (χ3n) is 6.45. The summed E-state index contributed by atoms with van der Waals surface area (Å²) < 4.78 is 0. The Morgan fingerprint density at radius 1 is 1.04 bits per heavy atom. The van der Waals surface area contributed by atoms with Crippen molar-refractivity contribution in [2.24, 2.45) is 5.92 Å². The van der Waals surface area contributed by atoms with Gasteiger partial charge in [0, 0.05) is 19.1 Å². The first-order chi connectivity index (χ1) is 12.7. The van der Waals surface area contributed by atoms with Crippen molar-refractivity contribution in [1.82, 2.24) is 4.90 Å². The number of benzene rings is 1. The minimum atomic E-state index is -0.628. The van der Waals surface area contributed by atoms with Crippen LogP contribution < -0.4 is 0 Å². The third kappa shape index (κ3) is 5.09. The van der Waals surface area contributed by atoms with Gasteiger partial charge in [-0.15, -0.1) is 0 Å². The van der Waals surface area contributed by atoms with Crippen molar-refractivity contribution >= 4 is 5.97 Å². The minimum absolute atomic E-state index is 0.129. The SMILES string of the molecule is CCCCCCCCc1ccc(C2CCC(N3CC(C(=O)O)C3)C2)cc1. The van der Waals surface area contributed by atoms with Gasteiger partial charge in [-0.25, -0.2) is 0 Å². The Morgan fingerprint density at radius 3 is 2.42 bits per heavy atom. The Morgan fingerprint density at radius 2 is 1.73 bits per heavy atom. The second-order valence-electron chi connectivity index (χ2n) is 8.41. The fourth-order valence-electron chi connectivity index (χ4n) is 4.63. The number of carboxylic acid groups (broad SMARTS) is 1. The number of hydrogen-bond acceptors (Lipinski definition) is 2. The number of aliphatic carboxylic acids is 1. The molecule has 3 heteroatoms. The van der Waals surface area contributed by atoms with Crippen LogP contribution in [0.15, 0.2) is 24.3 Å². The van der Waals surface area contributed by atoms with E-state index in [1.807, 2.05) is 0 Å². The van der Waals surface area contributed by atoms with Crippen molar-refractivity contribution in [1.29, 1.82) is 0 Å². The van der Waals surface area contributed by atoms with E-state index in [0.29, 0.717) is 12.0 Å². The van der Waals surface area contributed by atoms with Gasteiger partial charge in [0.1, 0.15) is 0 Å². The maximum Gasteiger partial charge on any atom is 0.309 e. The van der Waals surface area contributed by atoms with Crippen molar-refractivity contribution in [3.8, 4) is 0 Å². The summed E-state index contributed by atoms with van der Waals surface area (Å²) in [6, 6.07) is 9.95. The second kappa shape index (κ2) is 9.55. The zero-order valence-electron chi connectivity index (χ0n) is 16.3. The highest BCUT2D eigenvalue weighted by Gasteiger charge is 2.39. The molecule has 1 aromatic rings. The third-order valence-corrected chi connectivity index (χ3v) is 6.45. The van der Waals surface area contributed by atoms with Crippen LogP contribution in [-0.4, -0.2) is 35.1 Å². The average molecular weight is 358 g/mol. The molecule has 2 fully saturated rings. The molecule has 0 amide bonds.